The van der Waals surface area contributed by atoms with Crippen molar-refractivity contribution in [1.29, 1.82) is 0 Å². The Morgan fingerprint density at radius 1 is 1.18 bits per heavy atom. The fourth-order valence-corrected chi connectivity index (χ4v) is 5.59. The van der Waals surface area contributed by atoms with E-state index in [4.69, 9.17) is 16.3 Å². The fraction of sp³-hybridized carbons (Fsp3) is 0.316. The summed E-state index contributed by atoms with van der Waals surface area (Å²) in [6.07, 6.45) is 1.81. The van der Waals surface area contributed by atoms with Gasteiger partial charge >= 0.3 is 0 Å². The summed E-state index contributed by atoms with van der Waals surface area (Å²) in [6.45, 7) is 0. The number of hydrogen-bond donors (Lipinski definition) is 2. The average molecular weight is 441 g/mol. The maximum atomic E-state index is 12.9. The molecule has 6 nitrogen and oxygen atoms in total. The summed E-state index contributed by atoms with van der Waals surface area (Å²) in [5.74, 6) is 2.09. The number of carbonyl (C=O) groups is 1. The van der Waals surface area contributed by atoms with Crippen molar-refractivity contribution in [3.8, 4) is 5.75 Å². The van der Waals surface area contributed by atoms with Crippen LogP contribution in [0.4, 0.5) is 5.69 Å². The smallest absolute Gasteiger partial charge is 0.263 e. The highest BCUT2D eigenvalue weighted by molar-refractivity contribution is 7.99. The first-order valence-corrected chi connectivity index (χ1v) is 11.8. The van der Waals surface area contributed by atoms with Crippen LogP contribution in [0.1, 0.15) is 23.2 Å². The Morgan fingerprint density at radius 3 is 2.61 bits per heavy atom. The lowest BCUT2D eigenvalue weighted by atomic mass is 10.1. The largest absolute Gasteiger partial charge is 0.495 e. The summed E-state index contributed by atoms with van der Waals surface area (Å²) in [5, 5.41) is 3.01. The van der Waals surface area contributed by atoms with Gasteiger partial charge in [0.15, 0.2) is 0 Å². The van der Waals surface area contributed by atoms with E-state index in [1.807, 2.05) is 11.8 Å². The molecular weight excluding hydrogens is 420 g/mol. The SMILES string of the molecule is COc1ccccc1NS(=O)(=O)c1cc(C(=O)NC2CCSCC2)ccc1Cl. The van der Waals surface area contributed by atoms with Crippen molar-refractivity contribution in [2.45, 2.75) is 23.8 Å². The Morgan fingerprint density at radius 2 is 1.89 bits per heavy atom. The van der Waals surface area contributed by atoms with Gasteiger partial charge in [0.2, 0.25) is 0 Å². The normalized spacial score (nSPS) is 15.1. The highest BCUT2D eigenvalue weighted by atomic mass is 35.5. The van der Waals surface area contributed by atoms with Gasteiger partial charge in [-0.25, -0.2) is 8.42 Å². The average Bonchev–Trinajstić information content (AvgIpc) is 2.69. The number of halogens is 1. The van der Waals surface area contributed by atoms with Crippen LogP contribution < -0.4 is 14.8 Å². The number of anilines is 1. The van der Waals surface area contributed by atoms with Gasteiger partial charge in [-0.1, -0.05) is 23.7 Å². The zero-order chi connectivity index (χ0) is 20.1. The van der Waals surface area contributed by atoms with Crippen LogP contribution in [-0.4, -0.2) is 39.0 Å². The number of methoxy groups -OCH3 is 1. The van der Waals surface area contributed by atoms with E-state index in [0.717, 1.165) is 24.3 Å². The van der Waals surface area contributed by atoms with Crippen LogP contribution in [0.15, 0.2) is 47.4 Å². The Hall–Kier alpha value is -1.90. The third-order valence-corrected chi connectivity index (χ3v) is 7.29. The Kier molecular flexibility index (Phi) is 6.74. The molecule has 150 valence electrons. The second-order valence-corrected chi connectivity index (χ2v) is 9.59. The van der Waals surface area contributed by atoms with Gasteiger partial charge in [-0.15, -0.1) is 0 Å². The second-order valence-electron chi connectivity index (χ2n) is 6.31. The molecule has 28 heavy (non-hydrogen) atoms. The van der Waals surface area contributed by atoms with Gasteiger partial charge < -0.3 is 10.1 Å². The van der Waals surface area contributed by atoms with E-state index in [9.17, 15) is 13.2 Å². The third kappa shape index (κ3) is 4.92. The maximum Gasteiger partial charge on any atom is 0.263 e. The number of carbonyl (C=O) groups excluding carboxylic acids is 1. The molecule has 1 aliphatic rings. The van der Waals surface area contributed by atoms with E-state index >= 15 is 0 Å². The molecule has 1 amide bonds. The lowest BCUT2D eigenvalue weighted by molar-refractivity contribution is 0.0934. The first-order chi connectivity index (χ1) is 13.4. The van der Waals surface area contributed by atoms with E-state index in [2.05, 4.69) is 10.0 Å². The predicted molar refractivity (Wildman–Crippen MR) is 113 cm³/mol. The van der Waals surface area contributed by atoms with Gasteiger partial charge in [-0.05, 0) is 54.7 Å². The van der Waals surface area contributed by atoms with Crippen molar-refractivity contribution in [2.24, 2.45) is 0 Å². The van der Waals surface area contributed by atoms with Crippen molar-refractivity contribution in [2.75, 3.05) is 23.3 Å². The van der Waals surface area contributed by atoms with Crippen LogP contribution in [0.2, 0.25) is 5.02 Å². The zero-order valence-electron chi connectivity index (χ0n) is 15.3. The highest BCUT2D eigenvalue weighted by Gasteiger charge is 2.23. The third-order valence-electron chi connectivity index (χ3n) is 4.39. The summed E-state index contributed by atoms with van der Waals surface area (Å²) < 4.78 is 33.4. The van der Waals surface area contributed by atoms with Gasteiger partial charge in [-0.3, -0.25) is 9.52 Å². The number of rotatable bonds is 6. The number of para-hydroxylation sites is 2. The van der Waals surface area contributed by atoms with E-state index in [-0.39, 0.29) is 33.1 Å². The summed E-state index contributed by atoms with van der Waals surface area (Å²) in [5.41, 5.74) is 0.540. The Labute approximate surface area is 174 Å². The molecule has 0 saturated carbocycles. The lowest BCUT2D eigenvalue weighted by Crippen LogP contribution is -2.37. The maximum absolute atomic E-state index is 12.9. The van der Waals surface area contributed by atoms with Crippen molar-refractivity contribution in [1.82, 2.24) is 5.32 Å². The summed E-state index contributed by atoms with van der Waals surface area (Å²) >= 11 is 8.00. The molecule has 0 unspecified atom stereocenters. The molecule has 3 rings (SSSR count). The number of hydrogen-bond acceptors (Lipinski definition) is 5. The molecule has 9 heteroatoms. The van der Waals surface area contributed by atoms with Crippen LogP contribution in [0.25, 0.3) is 0 Å². The molecule has 0 atom stereocenters. The van der Waals surface area contributed by atoms with Gasteiger partial charge in [0.1, 0.15) is 10.6 Å². The summed E-state index contributed by atoms with van der Waals surface area (Å²) in [6, 6.07) is 11.0. The number of benzene rings is 2. The fourth-order valence-electron chi connectivity index (χ4n) is 2.89. The summed E-state index contributed by atoms with van der Waals surface area (Å²) in [4.78, 5) is 12.4. The molecule has 0 aliphatic carbocycles. The van der Waals surface area contributed by atoms with Crippen molar-refractivity contribution in [3.63, 3.8) is 0 Å². The Balaban J connectivity index is 1.84. The second kappa shape index (κ2) is 9.07. The molecule has 0 radical (unpaired) electrons. The minimum atomic E-state index is -4.01. The van der Waals surface area contributed by atoms with E-state index in [1.165, 1.54) is 25.3 Å². The number of thioether (sulfide) groups is 1. The monoisotopic (exact) mass is 440 g/mol. The number of nitrogens with one attached hydrogen (secondary N) is 2. The van der Waals surface area contributed by atoms with Crippen molar-refractivity contribution < 1.29 is 17.9 Å². The molecule has 1 aliphatic heterocycles. The van der Waals surface area contributed by atoms with Gasteiger partial charge in [0.05, 0.1) is 17.8 Å². The van der Waals surface area contributed by atoms with Crippen molar-refractivity contribution >= 4 is 45.0 Å². The molecule has 2 aromatic rings. The number of ether oxygens (including phenoxy) is 1. The van der Waals surface area contributed by atoms with E-state index < -0.39 is 10.0 Å². The minimum Gasteiger partial charge on any atom is -0.495 e. The highest BCUT2D eigenvalue weighted by Crippen LogP contribution is 2.29. The first-order valence-electron chi connectivity index (χ1n) is 8.74. The summed E-state index contributed by atoms with van der Waals surface area (Å²) in [7, 11) is -2.56. The van der Waals surface area contributed by atoms with E-state index in [1.54, 1.807) is 24.3 Å². The molecule has 1 saturated heterocycles. The first kappa shape index (κ1) is 20.8. The number of amides is 1. The quantitative estimate of drug-likeness (QED) is 0.714. The molecule has 2 N–H and O–H groups in total. The minimum absolute atomic E-state index is 0.0352. The zero-order valence-corrected chi connectivity index (χ0v) is 17.7. The topological polar surface area (TPSA) is 84.5 Å². The van der Waals surface area contributed by atoms with Crippen molar-refractivity contribution in [3.05, 3.63) is 53.1 Å². The predicted octanol–water partition coefficient (Wildman–Crippen LogP) is 3.77. The van der Waals surface area contributed by atoms with Gasteiger partial charge in [-0.2, -0.15) is 11.8 Å². The standard InChI is InChI=1S/C19H21ClN2O4S2/c1-26-17-5-3-2-4-16(17)22-28(24,25)18-12-13(6-7-15(18)20)19(23)21-14-8-10-27-11-9-14/h2-7,12,14,22H,8-11H2,1H3,(H,21,23). The molecule has 0 spiro atoms. The molecule has 0 bridgehead atoms. The van der Waals surface area contributed by atoms with Crippen LogP contribution in [0, 0.1) is 0 Å². The molecule has 0 aromatic heterocycles. The molecule has 2 aromatic carbocycles. The van der Waals surface area contributed by atoms with E-state index in [0.29, 0.717) is 5.75 Å². The molecule has 1 fully saturated rings. The van der Waals surface area contributed by atoms with Crippen LogP contribution in [-0.2, 0) is 10.0 Å². The van der Waals surface area contributed by atoms with Crippen LogP contribution in [0.5, 0.6) is 5.75 Å². The van der Waals surface area contributed by atoms with Crippen LogP contribution in [0.3, 0.4) is 0 Å². The number of sulfonamides is 1. The Bertz CT molecular complexity index is 960. The lowest BCUT2D eigenvalue weighted by Gasteiger charge is -2.22. The molecular formula is C19H21ClN2O4S2. The van der Waals surface area contributed by atoms with Gasteiger partial charge in [0.25, 0.3) is 15.9 Å². The van der Waals surface area contributed by atoms with Gasteiger partial charge in [0, 0.05) is 11.6 Å². The molecule has 1 heterocycles. The van der Waals surface area contributed by atoms with Crippen LogP contribution >= 0.6 is 23.4 Å².